The molecule has 0 aliphatic rings. The van der Waals surface area contributed by atoms with Gasteiger partial charge in [-0.3, -0.25) is 0 Å². The molecule has 4 heteroatoms. The molecule has 0 amide bonds. The van der Waals surface area contributed by atoms with Crippen molar-refractivity contribution in [3.05, 3.63) is 56.9 Å². The Bertz CT molecular complexity index is 734. The summed E-state index contributed by atoms with van der Waals surface area (Å²) in [5, 5.41) is 0.738. The van der Waals surface area contributed by atoms with E-state index in [1.165, 1.54) is 0 Å². The highest BCUT2D eigenvalue weighted by Gasteiger charge is 2.13. The summed E-state index contributed by atoms with van der Waals surface area (Å²) >= 11 is 8.56. The first kappa shape index (κ1) is 12.0. The minimum atomic E-state index is 0.738. The van der Waals surface area contributed by atoms with Crippen LogP contribution in [0.4, 0.5) is 0 Å². The lowest BCUT2D eigenvalue weighted by atomic mass is 10.1. The topological polar surface area (TPSA) is 17.3 Å². The first-order valence-corrected chi connectivity index (χ1v) is 7.01. The summed E-state index contributed by atoms with van der Waals surface area (Å²) in [4.78, 5) is 4.66. The average molecular weight is 369 g/mol. The first-order valence-electron chi connectivity index (χ1n) is 5.56. The minimum Gasteiger partial charge on any atom is -0.304 e. The van der Waals surface area contributed by atoms with Crippen LogP contribution in [0.25, 0.3) is 16.9 Å². The molecule has 3 rings (SSSR count). The van der Waals surface area contributed by atoms with Crippen LogP contribution < -0.4 is 0 Å². The second kappa shape index (κ2) is 4.55. The Hall–Kier alpha value is -1.07. The number of halogens is 2. The Morgan fingerprint density at radius 3 is 2.83 bits per heavy atom. The van der Waals surface area contributed by atoms with Crippen molar-refractivity contribution in [3.8, 4) is 11.3 Å². The lowest BCUT2D eigenvalue weighted by molar-refractivity contribution is 1.11. The molecule has 0 aliphatic heterocycles. The predicted octanol–water partition coefficient (Wildman–Crippen LogP) is 4.57. The molecule has 90 valence electrons. The molecular weight excluding hydrogens is 359 g/mol. The van der Waals surface area contributed by atoms with E-state index in [1.807, 2.05) is 36.5 Å². The number of fused-ring (bicyclic) bond motifs is 1. The lowest BCUT2D eigenvalue weighted by Gasteiger charge is -2.03. The Balaban J connectivity index is 2.31. The van der Waals surface area contributed by atoms with Crippen molar-refractivity contribution in [2.45, 2.75) is 6.92 Å². The van der Waals surface area contributed by atoms with Crippen LogP contribution in [0.3, 0.4) is 0 Å². The highest BCUT2D eigenvalue weighted by atomic mass is 127. The summed E-state index contributed by atoms with van der Waals surface area (Å²) in [5.41, 5.74) is 3.99. The number of imidazole rings is 1. The Kier molecular flexibility index (Phi) is 3.03. The van der Waals surface area contributed by atoms with Crippen LogP contribution in [0, 0.1) is 10.5 Å². The van der Waals surface area contributed by atoms with E-state index < -0.39 is 0 Å². The highest BCUT2D eigenvalue weighted by Crippen LogP contribution is 2.31. The van der Waals surface area contributed by atoms with Gasteiger partial charge in [-0.15, -0.1) is 0 Å². The molecule has 0 unspecified atom stereocenters. The van der Waals surface area contributed by atoms with E-state index in [1.54, 1.807) is 0 Å². The van der Waals surface area contributed by atoms with Crippen LogP contribution in [0.15, 0.2) is 42.6 Å². The first-order chi connectivity index (χ1) is 8.66. The molecule has 0 spiro atoms. The maximum Gasteiger partial charge on any atom is 0.137 e. The fourth-order valence-electron chi connectivity index (χ4n) is 2.05. The summed E-state index contributed by atoms with van der Waals surface area (Å²) in [6.07, 6.45) is 2.02. The second-order valence-electron chi connectivity index (χ2n) is 4.10. The largest absolute Gasteiger partial charge is 0.304 e. The molecule has 1 aromatic carbocycles. The van der Waals surface area contributed by atoms with Crippen molar-refractivity contribution >= 4 is 39.8 Å². The number of pyridine rings is 1. The molecule has 0 aliphatic carbocycles. The van der Waals surface area contributed by atoms with E-state index in [-0.39, 0.29) is 0 Å². The molecule has 3 aromatic rings. The van der Waals surface area contributed by atoms with E-state index in [0.29, 0.717) is 0 Å². The minimum absolute atomic E-state index is 0.738. The van der Waals surface area contributed by atoms with E-state index in [9.17, 15) is 0 Å². The zero-order chi connectivity index (χ0) is 12.7. The van der Waals surface area contributed by atoms with Crippen LogP contribution in [0.5, 0.6) is 0 Å². The SMILES string of the molecule is Cc1c(-c2cc(I)ccc2Cl)nc2ccccn12. The molecule has 2 nitrogen and oxygen atoms in total. The van der Waals surface area contributed by atoms with Crippen molar-refractivity contribution < 1.29 is 0 Å². The average Bonchev–Trinajstić information content (AvgIpc) is 2.71. The monoisotopic (exact) mass is 368 g/mol. The maximum atomic E-state index is 6.28. The zero-order valence-electron chi connectivity index (χ0n) is 9.69. The number of rotatable bonds is 1. The van der Waals surface area contributed by atoms with E-state index in [0.717, 1.165) is 31.2 Å². The third-order valence-electron chi connectivity index (χ3n) is 2.95. The highest BCUT2D eigenvalue weighted by molar-refractivity contribution is 14.1. The van der Waals surface area contributed by atoms with Gasteiger partial charge in [-0.05, 0) is 59.8 Å². The molecule has 2 aromatic heterocycles. The van der Waals surface area contributed by atoms with Crippen molar-refractivity contribution in [2.75, 3.05) is 0 Å². The molecule has 0 bridgehead atoms. The van der Waals surface area contributed by atoms with Gasteiger partial charge in [0.15, 0.2) is 0 Å². The van der Waals surface area contributed by atoms with Crippen molar-refractivity contribution in [3.63, 3.8) is 0 Å². The third-order valence-corrected chi connectivity index (χ3v) is 3.95. The van der Waals surface area contributed by atoms with Crippen molar-refractivity contribution in [1.82, 2.24) is 9.38 Å². The second-order valence-corrected chi connectivity index (χ2v) is 5.75. The Morgan fingerprint density at radius 1 is 1.22 bits per heavy atom. The molecule has 18 heavy (non-hydrogen) atoms. The number of hydrogen-bond donors (Lipinski definition) is 0. The molecule has 0 saturated carbocycles. The number of benzene rings is 1. The number of nitrogens with zero attached hydrogens (tertiary/aromatic N) is 2. The van der Waals surface area contributed by atoms with Crippen LogP contribution >= 0.6 is 34.2 Å². The summed E-state index contributed by atoms with van der Waals surface area (Å²) < 4.78 is 3.23. The van der Waals surface area contributed by atoms with Gasteiger partial charge in [0, 0.05) is 21.0 Å². The van der Waals surface area contributed by atoms with Gasteiger partial charge < -0.3 is 4.40 Å². The van der Waals surface area contributed by atoms with Gasteiger partial charge in [0.1, 0.15) is 5.65 Å². The molecule has 0 fully saturated rings. The number of aryl methyl sites for hydroxylation is 1. The summed E-state index contributed by atoms with van der Waals surface area (Å²) in [7, 11) is 0. The van der Waals surface area contributed by atoms with Gasteiger partial charge in [-0.1, -0.05) is 17.7 Å². The van der Waals surface area contributed by atoms with E-state index in [2.05, 4.69) is 45.0 Å². The van der Waals surface area contributed by atoms with Crippen LogP contribution in [-0.4, -0.2) is 9.38 Å². The fraction of sp³-hybridized carbons (Fsp3) is 0.0714. The van der Waals surface area contributed by atoms with Gasteiger partial charge in [0.25, 0.3) is 0 Å². The fourth-order valence-corrected chi connectivity index (χ4v) is 2.75. The molecule has 0 N–H and O–H groups in total. The quantitative estimate of drug-likeness (QED) is 0.575. The van der Waals surface area contributed by atoms with Crippen LogP contribution in [-0.2, 0) is 0 Å². The molecule has 0 atom stereocenters. The smallest absolute Gasteiger partial charge is 0.137 e. The molecular formula is C14H10ClIN2. The molecule has 0 saturated heterocycles. The zero-order valence-corrected chi connectivity index (χ0v) is 12.6. The Morgan fingerprint density at radius 2 is 2.06 bits per heavy atom. The van der Waals surface area contributed by atoms with E-state index in [4.69, 9.17) is 11.6 Å². The molecule has 2 heterocycles. The summed E-state index contributed by atoms with van der Waals surface area (Å²) in [6, 6.07) is 12.0. The normalized spacial score (nSPS) is 11.1. The number of hydrogen-bond acceptors (Lipinski definition) is 1. The van der Waals surface area contributed by atoms with Crippen LogP contribution in [0.1, 0.15) is 5.69 Å². The van der Waals surface area contributed by atoms with Gasteiger partial charge in [-0.25, -0.2) is 4.98 Å². The van der Waals surface area contributed by atoms with Crippen LogP contribution in [0.2, 0.25) is 5.02 Å². The summed E-state index contributed by atoms with van der Waals surface area (Å²) in [6.45, 7) is 2.06. The van der Waals surface area contributed by atoms with Gasteiger partial charge >= 0.3 is 0 Å². The van der Waals surface area contributed by atoms with Gasteiger partial charge in [-0.2, -0.15) is 0 Å². The van der Waals surface area contributed by atoms with Crippen molar-refractivity contribution in [2.24, 2.45) is 0 Å². The van der Waals surface area contributed by atoms with E-state index >= 15 is 0 Å². The maximum absolute atomic E-state index is 6.28. The molecule has 0 radical (unpaired) electrons. The van der Waals surface area contributed by atoms with Gasteiger partial charge in [0.2, 0.25) is 0 Å². The standard InChI is InChI=1S/C14H10ClIN2/c1-9-14(11-8-10(16)5-6-12(11)15)17-13-4-2-3-7-18(9)13/h2-8H,1H3. The number of aromatic nitrogens is 2. The van der Waals surface area contributed by atoms with Gasteiger partial charge in [0.05, 0.1) is 10.7 Å². The lowest BCUT2D eigenvalue weighted by Crippen LogP contribution is -1.87. The predicted molar refractivity (Wildman–Crippen MR) is 83.1 cm³/mol. The Labute approximate surface area is 124 Å². The summed E-state index contributed by atoms with van der Waals surface area (Å²) in [5.74, 6) is 0. The van der Waals surface area contributed by atoms with Crippen molar-refractivity contribution in [1.29, 1.82) is 0 Å². The third kappa shape index (κ3) is 1.91.